The molecular weight excluding hydrogens is 348 g/mol. The number of amides is 1. The standard InChI is InChI=1S/C21H25ClN2O2/c1-2-26-19-10-5-9-18(13-19)23-21(25)17-8-6-12-24(15-17)14-16-7-3-4-11-20(16)22/h3-5,7,9-11,13,17H,2,6,8,12,14-15H2,1H3,(H,23,25). The van der Waals surface area contributed by atoms with Gasteiger partial charge in [-0.15, -0.1) is 0 Å². The van der Waals surface area contributed by atoms with Crippen LogP contribution in [0.1, 0.15) is 25.3 Å². The monoisotopic (exact) mass is 372 g/mol. The second-order valence-corrected chi connectivity index (χ2v) is 7.02. The second kappa shape index (κ2) is 9.06. The van der Waals surface area contributed by atoms with E-state index in [4.69, 9.17) is 16.3 Å². The lowest BCUT2D eigenvalue weighted by atomic mass is 9.96. The predicted molar refractivity (Wildman–Crippen MR) is 106 cm³/mol. The van der Waals surface area contributed by atoms with Crippen molar-refractivity contribution in [1.82, 2.24) is 4.90 Å². The van der Waals surface area contributed by atoms with Gasteiger partial charge >= 0.3 is 0 Å². The van der Waals surface area contributed by atoms with Gasteiger partial charge < -0.3 is 10.1 Å². The fourth-order valence-corrected chi connectivity index (χ4v) is 3.55. The van der Waals surface area contributed by atoms with E-state index in [2.05, 4.69) is 10.2 Å². The summed E-state index contributed by atoms with van der Waals surface area (Å²) in [6.45, 7) is 5.08. The van der Waals surface area contributed by atoms with Crippen LogP contribution < -0.4 is 10.1 Å². The molecular formula is C21H25ClN2O2. The van der Waals surface area contributed by atoms with E-state index in [-0.39, 0.29) is 11.8 Å². The van der Waals surface area contributed by atoms with Crippen LogP contribution in [0.2, 0.25) is 5.02 Å². The van der Waals surface area contributed by atoms with Gasteiger partial charge in [-0.1, -0.05) is 35.9 Å². The highest BCUT2D eigenvalue weighted by molar-refractivity contribution is 6.31. The van der Waals surface area contributed by atoms with Gasteiger partial charge in [0.05, 0.1) is 12.5 Å². The molecule has 0 spiro atoms. The normalized spacial score (nSPS) is 17.7. The number of carbonyl (C=O) groups excluding carboxylic acids is 1. The first-order valence-corrected chi connectivity index (χ1v) is 9.53. The quantitative estimate of drug-likeness (QED) is 0.806. The first-order chi connectivity index (χ1) is 12.7. The number of hydrogen-bond donors (Lipinski definition) is 1. The summed E-state index contributed by atoms with van der Waals surface area (Å²) < 4.78 is 5.50. The molecule has 1 aliphatic heterocycles. The molecule has 2 aromatic carbocycles. The van der Waals surface area contributed by atoms with Crippen LogP contribution >= 0.6 is 11.6 Å². The maximum absolute atomic E-state index is 12.7. The van der Waals surface area contributed by atoms with Gasteiger partial charge in [0, 0.05) is 29.9 Å². The second-order valence-electron chi connectivity index (χ2n) is 6.62. The van der Waals surface area contributed by atoms with Gasteiger partial charge in [0.1, 0.15) is 5.75 Å². The molecule has 138 valence electrons. The molecule has 0 saturated carbocycles. The van der Waals surface area contributed by atoms with Gasteiger partial charge in [-0.3, -0.25) is 9.69 Å². The van der Waals surface area contributed by atoms with Gasteiger partial charge in [-0.25, -0.2) is 0 Å². The van der Waals surface area contributed by atoms with Crippen LogP contribution in [0.4, 0.5) is 5.69 Å². The van der Waals surface area contributed by atoms with Crippen LogP contribution in [-0.2, 0) is 11.3 Å². The Hall–Kier alpha value is -2.04. The summed E-state index contributed by atoms with van der Waals surface area (Å²) in [5.41, 5.74) is 1.89. The molecule has 1 aliphatic rings. The molecule has 0 bridgehead atoms. The Morgan fingerprint density at radius 2 is 2.12 bits per heavy atom. The molecule has 1 heterocycles. The maximum Gasteiger partial charge on any atom is 0.228 e. The van der Waals surface area contributed by atoms with E-state index in [1.165, 1.54) is 0 Å². The van der Waals surface area contributed by atoms with Crippen LogP contribution in [-0.4, -0.2) is 30.5 Å². The number of rotatable bonds is 6. The zero-order valence-corrected chi connectivity index (χ0v) is 15.8. The molecule has 2 aromatic rings. The van der Waals surface area contributed by atoms with Gasteiger partial charge in [0.15, 0.2) is 0 Å². The minimum atomic E-state index is -0.0120. The van der Waals surface area contributed by atoms with Crippen LogP contribution in [0.3, 0.4) is 0 Å². The summed E-state index contributed by atoms with van der Waals surface area (Å²) in [5, 5.41) is 3.82. The maximum atomic E-state index is 12.7. The highest BCUT2D eigenvalue weighted by atomic mass is 35.5. The molecule has 1 N–H and O–H groups in total. The Kier molecular flexibility index (Phi) is 6.53. The molecule has 1 amide bonds. The number of anilines is 1. The van der Waals surface area contributed by atoms with E-state index in [0.717, 1.165) is 54.5 Å². The largest absolute Gasteiger partial charge is 0.494 e. The minimum absolute atomic E-state index is 0.0120. The van der Waals surface area contributed by atoms with Crippen molar-refractivity contribution in [2.75, 3.05) is 25.0 Å². The lowest BCUT2D eigenvalue weighted by molar-refractivity contribution is -0.121. The summed E-state index contributed by atoms with van der Waals surface area (Å²) in [5.74, 6) is 0.832. The number of nitrogens with zero attached hydrogens (tertiary/aromatic N) is 1. The van der Waals surface area contributed by atoms with Crippen molar-refractivity contribution in [2.45, 2.75) is 26.3 Å². The number of benzene rings is 2. The zero-order chi connectivity index (χ0) is 18.4. The van der Waals surface area contributed by atoms with Crippen molar-refractivity contribution < 1.29 is 9.53 Å². The molecule has 1 unspecified atom stereocenters. The number of piperidine rings is 1. The highest BCUT2D eigenvalue weighted by Gasteiger charge is 2.26. The average molecular weight is 373 g/mol. The number of likely N-dealkylation sites (tertiary alicyclic amines) is 1. The van der Waals surface area contributed by atoms with Crippen LogP contribution in [0.25, 0.3) is 0 Å². The zero-order valence-electron chi connectivity index (χ0n) is 15.1. The summed E-state index contributed by atoms with van der Waals surface area (Å²) in [6, 6.07) is 15.4. The fraction of sp³-hybridized carbons (Fsp3) is 0.381. The molecule has 1 fully saturated rings. The summed E-state index contributed by atoms with van der Waals surface area (Å²) in [6.07, 6.45) is 1.93. The molecule has 26 heavy (non-hydrogen) atoms. The van der Waals surface area contributed by atoms with Crippen LogP contribution in [0.15, 0.2) is 48.5 Å². The van der Waals surface area contributed by atoms with Crippen molar-refractivity contribution >= 4 is 23.2 Å². The smallest absolute Gasteiger partial charge is 0.228 e. The Labute approximate surface area is 160 Å². The predicted octanol–water partition coefficient (Wildman–Crippen LogP) is 4.59. The Morgan fingerprint density at radius 3 is 2.92 bits per heavy atom. The Bertz CT molecular complexity index is 750. The van der Waals surface area contributed by atoms with E-state index in [1.807, 2.05) is 55.5 Å². The highest BCUT2D eigenvalue weighted by Crippen LogP contribution is 2.24. The van der Waals surface area contributed by atoms with Crippen molar-refractivity contribution in [2.24, 2.45) is 5.92 Å². The van der Waals surface area contributed by atoms with Crippen molar-refractivity contribution in [1.29, 1.82) is 0 Å². The van der Waals surface area contributed by atoms with E-state index in [0.29, 0.717) is 6.61 Å². The molecule has 0 radical (unpaired) electrons. The lowest BCUT2D eigenvalue weighted by Gasteiger charge is -2.32. The van der Waals surface area contributed by atoms with E-state index >= 15 is 0 Å². The van der Waals surface area contributed by atoms with E-state index < -0.39 is 0 Å². The van der Waals surface area contributed by atoms with Crippen molar-refractivity contribution in [3.05, 3.63) is 59.1 Å². The molecule has 5 heteroatoms. The van der Waals surface area contributed by atoms with E-state index in [1.54, 1.807) is 0 Å². The number of nitrogens with one attached hydrogen (secondary N) is 1. The van der Waals surface area contributed by atoms with Crippen LogP contribution in [0, 0.1) is 5.92 Å². The van der Waals surface area contributed by atoms with Crippen molar-refractivity contribution in [3.8, 4) is 5.75 Å². The third kappa shape index (κ3) is 4.99. The first-order valence-electron chi connectivity index (χ1n) is 9.15. The van der Waals surface area contributed by atoms with Crippen LogP contribution in [0.5, 0.6) is 5.75 Å². The summed E-state index contributed by atoms with van der Waals surface area (Å²) >= 11 is 6.27. The third-order valence-corrected chi connectivity index (χ3v) is 5.01. The minimum Gasteiger partial charge on any atom is -0.494 e. The lowest BCUT2D eigenvalue weighted by Crippen LogP contribution is -2.40. The van der Waals surface area contributed by atoms with Gasteiger partial charge in [-0.2, -0.15) is 0 Å². The summed E-state index contributed by atoms with van der Waals surface area (Å²) in [4.78, 5) is 15.0. The fourth-order valence-electron chi connectivity index (χ4n) is 3.36. The molecule has 3 rings (SSSR count). The SMILES string of the molecule is CCOc1cccc(NC(=O)C2CCCN(Cc3ccccc3Cl)C2)c1. The molecule has 4 nitrogen and oxygen atoms in total. The number of halogens is 1. The van der Waals surface area contributed by atoms with E-state index in [9.17, 15) is 4.79 Å². The average Bonchev–Trinajstić information content (AvgIpc) is 2.64. The first kappa shape index (κ1) is 18.7. The third-order valence-electron chi connectivity index (χ3n) is 4.64. The Balaban J connectivity index is 1.59. The molecule has 0 aliphatic carbocycles. The van der Waals surface area contributed by atoms with Crippen molar-refractivity contribution in [3.63, 3.8) is 0 Å². The molecule has 0 aromatic heterocycles. The number of carbonyl (C=O) groups is 1. The number of ether oxygens (including phenoxy) is 1. The Morgan fingerprint density at radius 1 is 1.27 bits per heavy atom. The van der Waals surface area contributed by atoms with Gasteiger partial charge in [0.25, 0.3) is 0 Å². The number of hydrogen-bond acceptors (Lipinski definition) is 3. The summed E-state index contributed by atoms with van der Waals surface area (Å²) in [7, 11) is 0. The molecule has 1 atom stereocenters. The topological polar surface area (TPSA) is 41.6 Å². The molecule has 1 saturated heterocycles. The van der Waals surface area contributed by atoms with Gasteiger partial charge in [0.2, 0.25) is 5.91 Å². The van der Waals surface area contributed by atoms with Gasteiger partial charge in [-0.05, 0) is 50.1 Å².